The van der Waals surface area contributed by atoms with E-state index in [1.807, 2.05) is 38.2 Å². The van der Waals surface area contributed by atoms with Crippen molar-refractivity contribution in [1.29, 1.82) is 0 Å². The molecule has 8 nitrogen and oxygen atoms in total. The Morgan fingerprint density at radius 2 is 1.95 bits per heavy atom. The number of nitrogens with zero attached hydrogens (tertiary/aromatic N) is 5. The van der Waals surface area contributed by atoms with Crippen LogP contribution in [0.3, 0.4) is 0 Å². The molecule has 1 aliphatic carbocycles. The number of benzene rings is 1. The molecule has 0 spiro atoms. The molecule has 1 aliphatic heterocycles. The number of halogens is 1. The monoisotopic (exact) mass is 517 g/mol. The van der Waals surface area contributed by atoms with Gasteiger partial charge in [-0.1, -0.05) is 17.7 Å². The summed E-state index contributed by atoms with van der Waals surface area (Å²) in [4.78, 5) is 27.7. The van der Waals surface area contributed by atoms with Crippen molar-refractivity contribution in [2.45, 2.75) is 52.0 Å². The molecule has 1 aromatic carbocycles. The minimum atomic E-state index is -0.186. The third-order valence-electron chi connectivity index (χ3n) is 7.56. The van der Waals surface area contributed by atoms with Gasteiger partial charge in [0.25, 0.3) is 5.56 Å². The molecule has 0 amide bonds. The highest BCUT2D eigenvalue weighted by Crippen LogP contribution is 2.32. The quantitative estimate of drug-likeness (QED) is 0.371. The molecule has 2 N–H and O–H groups in total. The van der Waals surface area contributed by atoms with Crippen molar-refractivity contribution in [3.8, 4) is 5.82 Å². The molecule has 192 valence electrons. The van der Waals surface area contributed by atoms with Crippen LogP contribution in [-0.4, -0.2) is 55.3 Å². The minimum Gasteiger partial charge on any atom is -0.381 e. The Morgan fingerprint density at radius 1 is 1.14 bits per heavy atom. The van der Waals surface area contributed by atoms with Gasteiger partial charge >= 0.3 is 0 Å². The molecule has 2 aliphatic rings. The molecule has 3 aromatic heterocycles. The summed E-state index contributed by atoms with van der Waals surface area (Å²) < 4.78 is 1.78. The second-order valence-corrected chi connectivity index (χ2v) is 11.0. The van der Waals surface area contributed by atoms with Gasteiger partial charge < -0.3 is 15.2 Å². The van der Waals surface area contributed by atoms with Crippen molar-refractivity contribution in [1.82, 2.24) is 29.6 Å². The third-order valence-corrected chi connectivity index (χ3v) is 7.88. The first-order valence-corrected chi connectivity index (χ1v) is 13.5. The number of piperidine rings is 1. The van der Waals surface area contributed by atoms with Gasteiger partial charge in [0, 0.05) is 44.5 Å². The lowest BCUT2D eigenvalue weighted by molar-refractivity contribution is 0.211. The van der Waals surface area contributed by atoms with E-state index in [2.05, 4.69) is 25.3 Å². The van der Waals surface area contributed by atoms with Gasteiger partial charge in [0.15, 0.2) is 5.82 Å². The number of hydrogen-bond acceptors (Lipinski definition) is 6. The number of hydrogen-bond donors (Lipinski definition) is 2. The normalized spacial score (nSPS) is 16.9. The number of pyridine rings is 1. The first-order chi connectivity index (χ1) is 17.9. The fourth-order valence-corrected chi connectivity index (χ4v) is 5.28. The van der Waals surface area contributed by atoms with Gasteiger partial charge in [0.2, 0.25) is 0 Å². The maximum Gasteiger partial charge on any atom is 0.258 e. The van der Waals surface area contributed by atoms with Gasteiger partial charge in [-0.2, -0.15) is 5.10 Å². The summed E-state index contributed by atoms with van der Waals surface area (Å²) in [6.07, 6.45) is 9.22. The van der Waals surface area contributed by atoms with Crippen LogP contribution in [0.5, 0.6) is 0 Å². The molecule has 1 saturated carbocycles. The van der Waals surface area contributed by atoms with Gasteiger partial charge in [-0.05, 0) is 74.8 Å². The standard InChI is InChI=1S/C28H32ClN7O/c1-17-15-36(34-18(17)2)27-6-5-20(14-30-27)11-26-32-24-13-25(23(29)12-22(24)28(37)33-26)31-21-7-9-35(10-8-21)16-19-3-4-19/h5-6,12-15,19,21,31H,3-4,7-11,16H2,1-2H3,(H,32,33,37). The van der Waals surface area contributed by atoms with E-state index in [1.54, 1.807) is 16.9 Å². The maximum absolute atomic E-state index is 12.8. The number of rotatable bonds is 7. The van der Waals surface area contributed by atoms with E-state index in [0.717, 1.165) is 60.2 Å². The SMILES string of the molecule is Cc1cn(-c2ccc(Cc3nc4cc(NC5CCN(CC6CC6)CC5)c(Cl)cc4c(=O)[nH]3)cn2)nc1C. The van der Waals surface area contributed by atoms with Crippen molar-refractivity contribution < 1.29 is 0 Å². The number of aromatic nitrogens is 5. The Balaban J connectivity index is 1.17. The van der Waals surface area contributed by atoms with Crippen LogP contribution in [0.25, 0.3) is 16.7 Å². The third kappa shape index (κ3) is 5.40. The summed E-state index contributed by atoms with van der Waals surface area (Å²) in [5.41, 5.74) is 4.36. The van der Waals surface area contributed by atoms with Crippen molar-refractivity contribution in [2.24, 2.45) is 5.92 Å². The van der Waals surface area contributed by atoms with Gasteiger partial charge in [0.05, 0.1) is 27.3 Å². The molecule has 4 aromatic rings. The number of likely N-dealkylation sites (tertiary alicyclic amines) is 1. The highest BCUT2D eigenvalue weighted by molar-refractivity contribution is 6.34. The first-order valence-electron chi connectivity index (χ1n) is 13.1. The van der Waals surface area contributed by atoms with Crippen LogP contribution in [0.1, 0.15) is 48.3 Å². The molecule has 0 unspecified atom stereocenters. The Bertz CT molecular complexity index is 1460. The van der Waals surface area contributed by atoms with Gasteiger partial charge in [-0.25, -0.2) is 14.6 Å². The smallest absolute Gasteiger partial charge is 0.258 e. The predicted octanol–water partition coefficient (Wildman–Crippen LogP) is 4.65. The zero-order valence-electron chi connectivity index (χ0n) is 21.3. The largest absolute Gasteiger partial charge is 0.381 e. The molecular weight excluding hydrogens is 486 g/mol. The van der Waals surface area contributed by atoms with E-state index in [1.165, 1.54) is 19.4 Å². The fraction of sp³-hybridized carbons (Fsp3) is 0.429. The average molecular weight is 518 g/mol. The lowest BCUT2D eigenvalue weighted by Crippen LogP contribution is -2.40. The first kappa shape index (κ1) is 24.1. The molecule has 0 atom stereocenters. The number of nitrogens with one attached hydrogen (secondary N) is 2. The number of aromatic amines is 1. The van der Waals surface area contributed by atoms with Crippen LogP contribution in [0.2, 0.25) is 5.02 Å². The van der Waals surface area contributed by atoms with E-state index in [4.69, 9.17) is 16.6 Å². The van der Waals surface area contributed by atoms with Crippen LogP contribution >= 0.6 is 11.6 Å². The zero-order chi connectivity index (χ0) is 25.5. The molecule has 2 fully saturated rings. The van der Waals surface area contributed by atoms with E-state index in [9.17, 15) is 4.79 Å². The number of H-pyrrole nitrogens is 1. The van der Waals surface area contributed by atoms with Gasteiger partial charge in [-0.15, -0.1) is 0 Å². The molecule has 1 saturated heterocycles. The van der Waals surface area contributed by atoms with Crippen LogP contribution in [0, 0.1) is 19.8 Å². The molecule has 6 rings (SSSR count). The highest BCUT2D eigenvalue weighted by Gasteiger charge is 2.27. The number of anilines is 1. The van der Waals surface area contributed by atoms with Gasteiger partial charge in [0.1, 0.15) is 5.82 Å². The summed E-state index contributed by atoms with van der Waals surface area (Å²) in [6.45, 7) is 7.50. The molecular formula is C28H32ClN7O. The van der Waals surface area contributed by atoms with E-state index in [-0.39, 0.29) is 5.56 Å². The van der Waals surface area contributed by atoms with Gasteiger partial charge in [-0.3, -0.25) is 4.79 Å². The summed E-state index contributed by atoms with van der Waals surface area (Å²) in [6, 6.07) is 7.93. The summed E-state index contributed by atoms with van der Waals surface area (Å²) >= 11 is 6.58. The second-order valence-electron chi connectivity index (χ2n) is 10.6. The summed E-state index contributed by atoms with van der Waals surface area (Å²) in [5.74, 6) is 2.28. The Kier molecular flexibility index (Phi) is 6.46. The molecule has 0 radical (unpaired) electrons. The molecule has 9 heteroatoms. The van der Waals surface area contributed by atoms with E-state index >= 15 is 0 Å². The summed E-state index contributed by atoms with van der Waals surface area (Å²) in [5, 5.41) is 9.16. The van der Waals surface area contributed by atoms with Crippen molar-refractivity contribution >= 4 is 28.2 Å². The predicted molar refractivity (Wildman–Crippen MR) is 147 cm³/mol. The zero-order valence-corrected chi connectivity index (χ0v) is 22.1. The second kappa shape index (κ2) is 9.91. The van der Waals surface area contributed by atoms with Crippen LogP contribution in [-0.2, 0) is 6.42 Å². The number of fused-ring (bicyclic) bond motifs is 1. The van der Waals surface area contributed by atoms with Crippen LogP contribution in [0.15, 0.2) is 41.5 Å². The maximum atomic E-state index is 12.8. The summed E-state index contributed by atoms with van der Waals surface area (Å²) in [7, 11) is 0. The Morgan fingerprint density at radius 3 is 2.62 bits per heavy atom. The molecule has 37 heavy (non-hydrogen) atoms. The minimum absolute atomic E-state index is 0.186. The van der Waals surface area contributed by atoms with E-state index < -0.39 is 0 Å². The van der Waals surface area contributed by atoms with Crippen molar-refractivity contribution in [3.05, 3.63) is 74.7 Å². The lowest BCUT2D eigenvalue weighted by Gasteiger charge is -2.33. The molecule has 4 heterocycles. The lowest BCUT2D eigenvalue weighted by atomic mass is 10.0. The topological polar surface area (TPSA) is 91.7 Å². The van der Waals surface area contributed by atoms with Crippen molar-refractivity contribution in [2.75, 3.05) is 25.0 Å². The molecule has 0 bridgehead atoms. The highest BCUT2D eigenvalue weighted by atomic mass is 35.5. The van der Waals surface area contributed by atoms with Crippen LogP contribution in [0.4, 0.5) is 5.69 Å². The van der Waals surface area contributed by atoms with Crippen LogP contribution < -0.4 is 10.9 Å². The van der Waals surface area contributed by atoms with Crippen molar-refractivity contribution in [3.63, 3.8) is 0 Å². The Labute approximate surface area is 221 Å². The van der Waals surface area contributed by atoms with E-state index in [0.29, 0.717) is 34.2 Å². The number of aryl methyl sites for hydroxylation is 2. The fourth-order valence-electron chi connectivity index (χ4n) is 5.06. The average Bonchev–Trinajstić information content (AvgIpc) is 3.64. The Hall–Kier alpha value is -3.23.